The summed E-state index contributed by atoms with van der Waals surface area (Å²) >= 11 is 0. The molecule has 0 rings (SSSR count). The van der Waals surface area contributed by atoms with Crippen LogP contribution in [0, 0.1) is 23.7 Å². The van der Waals surface area contributed by atoms with Gasteiger partial charge in [0, 0.05) is 25.7 Å². The Morgan fingerprint density at radius 3 is 0.590 bits per heavy atom. The number of aliphatic hydroxyl groups excluding tert-OH is 1. The van der Waals surface area contributed by atoms with Gasteiger partial charge in [0.1, 0.15) is 19.3 Å². The molecule has 0 fully saturated rings. The van der Waals surface area contributed by atoms with Crippen LogP contribution < -0.4 is 0 Å². The van der Waals surface area contributed by atoms with Crippen LogP contribution in [0.2, 0.25) is 0 Å². The molecule has 3 N–H and O–H groups in total. The number of unbranched alkanes of at least 4 members (excludes halogenated alkanes) is 49. The molecule has 5 atom stereocenters. The maximum Gasteiger partial charge on any atom is 0.472 e. The SMILES string of the molecule is CC(C)CCCCCCCCCCCCCCCCCCCCC(=O)O[C@H](COC(=O)CCCCCCCCC(C)C)COP(=O)(O)OCC(O)COP(=O)(O)OC[C@@H](COC(=O)CCCCCCCCCCCCCCCCCCC(C)C)OC(=O)CCCCCCCCCCCCCCCC(C)C. The summed E-state index contributed by atoms with van der Waals surface area (Å²) in [4.78, 5) is 73.2. The van der Waals surface area contributed by atoms with Gasteiger partial charge in [0.15, 0.2) is 12.2 Å². The second-order valence-electron chi connectivity index (χ2n) is 32.8. The topological polar surface area (TPSA) is 237 Å². The summed E-state index contributed by atoms with van der Waals surface area (Å²) in [7, 11) is -9.93. The lowest BCUT2D eigenvalue weighted by molar-refractivity contribution is -0.161. The molecule has 0 aromatic heterocycles. The minimum atomic E-state index is -4.97. The highest BCUT2D eigenvalue weighted by atomic mass is 31.2. The number of carbonyl (C=O) groups is 4. The van der Waals surface area contributed by atoms with Crippen molar-refractivity contribution in [3.63, 3.8) is 0 Å². The van der Waals surface area contributed by atoms with Crippen molar-refractivity contribution in [1.29, 1.82) is 0 Å². The van der Waals surface area contributed by atoms with Gasteiger partial charge in [-0.2, -0.15) is 0 Å². The van der Waals surface area contributed by atoms with Crippen LogP contribution in [0.25, 0.3) is 0 Å². The van der Waals surface area contributed by atoms with Gasteiger partial charge in [-0.05, 0) is 49.4 Å². The number of hydrogen-bond acceptors (Lipinski definition) is 15. The molecule has 0 amide bonds. The molecule has 0 aromatic rings. The molecule has 0 radical (unpaired) electrons. The summed E-state index contributed by atoms with van der Waals surface area (Å²) < 4.78 is 68.8. The number of phosphoric acid groups is 2. The van der Waals surface area contributed by atoms with E-state index in [1.165, 1.54) is 244 Å². The van der Waals surface area contributed by atoms with Crippen LogP contribution in [0.15, 0.2) is 0 Å². The van der Waals surface area contributed by atoms with Crippen molar-refractivity contribution in [2.24, 2.45) is 23.7 Å². The van der Waals surface area contributed by atoms with Crippen molar-refractivity contribution < 1.29 is 80.2 Å². The number of hydrogen-bond donors (Lipinski definition) is 3. The van der Waals surface area contributed by atoms with Crippen molar-refractivity contribution in [1.82, 2.24) is 0 Å². The molecule has 0 aliphatic rings. The predicted octanol–water partition coefficient (Wildman–Crippen LogP) is 25.9. The second kappa shape index (κ2) is 74.8. The summed E-state index contributed by atoms with van der Waals surface area (Å²) in [5.74, 6) is 0.989. The van der Waals surface area contributed by atoms with Gasteiger partial charge in [-0.25, -0.2) is 9.13 Å². The molecule has 17 nitrogen and oxygen atoms in total. The predicted molar refractivity (Wildman–Crippen MR) is 432 cm³/mol. The average Bonchev–Trinajstić information content (AvgIpc) is 0.929. The molecule has 0 saturated carbocycles. The largest absolute Gasteiger partial charge is 0.472 e. The van der Waals surface area contributed by atoms with E-state index < -0.39 is 97.5 Å². The first-order valence-electron chi connectivity index (χ1n) is 44.2. The molecule has 0 aromatic carbocycles. The Labute approximate surface area is 645 Å². The van der Waals surface area contributed by atoms with E-state index in [-0.39, 0.29) is 25.7 Å². The van der Waals surface area contributed by atoms with Crippen LogP contribution in [-0.2, 0) is 65.4 Å². The first-order valence-corrected chi connectivity index (χ1v) is 47.2. The Bertz CT molecular complexity index is 2040. The van der Waals surface area contributed by atoms with E-state index in [9.17, 15) is 43.2 Å². The molecular formula is C86H168O17P2. The summed E-state index contributed by atoms with van der Waals surface area (Å²) in [6, 6.07) is 0. The van der Waals surface area contributed by atoms with Crippen molar-refractivity contribution in [3.05, 3.63) is 0 Å². The lowest BCUT2D eigenvalue weighted by Gasteiger charge is -2.21. The van der Waals surface area contributed by atoms with E-state index in [4.69, 9.17) is 37.0 Å². The van der Waals surface area contributed by atoms with Crippen LogP contribution in [0.1, 0.15) is 447 Å². The van der Waals surface area contributed by atoms with E-state index in [2.05, 4.69) is 55.4 Å². The molecule has 0 aliphatic heterocycles. The summed E-state index contributed by atoms with van der Waals surface area (Å²) in [6.45, 7) is 14.3. The van der Waals surface area contributed by atoms with Crippen LogP contribution in [0.3, 0.4) is 0 Å². The highest BCUT2D eigenvalue weighted by Crippen LogP contribution is 2.45. The third-order valence-electron chi connectivity index (χ3n) is 20.1. The Hall–Kier alpha value is -1.94. The maximum absolute atomic E-state index is 13.1. The first-order chi connectivity index (χ1) is 50.6. The van der Waals surface area contributed by atoms with Crippen LogP contribution in [0.5, 0.6) is 0 Å². The zero-order chi connectivity index (χ0) is 77.4. The minimum Gasteiger partial charge on any atom is -0.462 e. The van der Waals surface area contributed by atoms with Crippen LogP contribution >= 0.6 is 15.6 Å². The summed E-state index contributed by atoms with van der Waals surface area (Å²) in [6.07, 6.45) is 64.1. The van der Waals surface area contributed by atoms with E-state index >= 15 is 0 Å². The Balaban J connectivity index is 5.19. The van der Waals surface area contributed by atoms with Gasteiger partial charge >= 0.3 is 39.5 Å². The number of phosphoric ester groups is 2. The molecular weight excluding hydrogens is 1370 g/mol. The molecule has 0 heterocycles. The van der Waals surface area contributed by atoms with Crippen LogP contribution in [0.4, 0.5) is 0 Å². The Morgan fingerprint density at radius 2 is 0.400 bits per heavy atom. The molecule has 0 spiro atoms. The molecule has 0 aliphatic carbocycles. The van der Waals surface area contributed by atoms with Crippen molar-refractivity contribution >= 4 is 39.5 Å². The van der Waals surface area contributed by atoms with Gasteiger partial charge in [-0.1, -0.05) is 396 Å². The van der Waals surface area contributed by atoms with E-state index in [0.29, 0.717) is 31.6 Å². The van der Waals surface area contributed by atoms with E-state index in [1.54, 1.807) is 0 Å². The monoisotopic (exact) mass is 1540 g/mol. The fraction of sp³-hybridized carbons (Fsp3) is 0.953. The van der Waals surface area contributed by atoms with Gasteiger partial charge in [0.05, 0.1) is 26.4 Å². The highest BCUT2D eigenvalue weighted by molar-refractivity contribution is 7.47. The first kappa shape index (κ1) is 103. The van der Waals surface area contributed by atoms with Gasteiger partial charge < -0.3 is 33.8 Å². The lowest BCUT2D eigenvalue weighted by atomic mass is 10.0. The fourth-order valence-electron chi connectivity index (χ4n) is 13.3. The zero-order valence-corrected chi connectivity index (χ0v) is 71.2. The zero-order valence-electron chi connectivity index (χ0n) is 69.4. The van der Waals surface area contributed by atoms with Crippen molar-refractivity contribution in [2.75, 3.05) is 39.6 Å². The molecule has 19 heteroatoms. The maximum atomic E-state index is 13.1. The number of esters is 4. The minimum absolute atomic E-state index is 0.107. The second-order valence-corrected chi connectivity index (χ2v) is 35.7. The van der Waals surface area contributed by atoms with Crippen molar-refractivity contribution in [2.45, 2.75) is 465 Å². The Morgan fingerprint density at radius 1 is 0.238 bits per heavy atom. The summed E-state index contributed by atoms with van der Waals surface area (Å²) in [5, 5.41) is 10.7. The number of aliphatic hydroxyl groups is 1. The third kappa shape index (κ3) is 79.9. The molecule has 105 heavy (non-hydrogen) atoms. The number of ether oxygens (including phenoxy) is 4. The van der Waals surface area contributed by atoms with Gasteiger partial charge in [0.2, 0.25) is 0 Å². The third-order valence-corrected chi connectivity index (χ3v) is 22.0. The summed E-state index contributed by atoms with van der Waals surface area (Å²) in [5.41, 5.74) is 0. The van der Waals surface area contributed by atoms with Crippen LogP contribution in [-0.4, -0.2) is 96.7 Å². The molecule has 3 unspecified atom stereocenters. The van der Waals surface area contributed by atoms with Crippen molar-refractivity contribution in [3.8, 4) is 0 Å². The lowest BCUT2D eigenvalue weighted by Crippen LogP contribution is -2.30. The Kier molecular flexibility index (Phi) is 73.4. The number of rotatable bonds is 83. The molecule has 624 valence electrons. The van der Waals surface area contributed by atoms with Gasteiger partial charge in [-0.3, -0.25) is 37.3 Å². The molecule has 0 bridgehead atoms. The average molecular weight is 1540 g/mol. The van der Waals surface area contributed by atoms with Gasteiger partial charge in [-0.15, -0.1) is 0 Å². The fourth-order valence-corrected chi connectivity index (χ4v) is 14.9. The quantitative estimate of drug-likeness (QED) is 0.0222. The van der Waals surface area contributed by atoms with E-state index in [0.717, 1.165) is 114 Å². The highest BCUT2D eigenvalue weighted by Gasteiger charge is 2.30. The molecule has 0 saturated heterocycles. The smallest absolute Gasteiger partial charge is 0.462 e. The van der Waals surface area contributed by atoms with Gasteiger partial charge in [0.25, 0.3) is 0 Å². The normalized spacial score (nSPS) is 13.9. The van der Waals surface area contributed by atoms with E-state index in [1.807, 2.05) is 0 Å². The standard InChI is InChI=1S/C86H168O17P2/c1-76(2)62-54-46-38-32-26-20-15-11-9-10-12-18-24-30-36-42-52-60-68-86(91)103-82(73-97-84(89)67-59-51-45-44-49-57-65-79(7)8)75-101-105(94,95)99-71-80(87)70-98-104(92,93)100-74-81(102-85(90)69-61-53-43-37-31-25-19-22-28-34-40-48-56-64-78(5)6)72-96-83(88)66-58-50-41-35-29-23-17-14-13-16-21-27-33-39-47-55-63-77(3)4/h76-82,87H,9-75H2,1-8H3,(H,92,93)(H,94,95)/t80?,81-,82-/m1/s1. The number of carbonyl (C=O) groups excluding carboxylic acids is 4.